The van der Waals surface area contributed by atoms with Crippen molar-refractivity contribution in [1.82, 2.24) is 5.32 Å². The summed E-state index contributed by atoms with van der Waals surface area (Å²) in [6.45, 7) is 1.75. The molecule has 1 N–H and O–H groups in total. The molecular formula is C23H25Cl2N. The van der Waals surface area contributed by atoms with Gasteiger partial charge < -0.3 is 5.32 Å². The van der Waals surface area contributed by atoms with Crippen molar-refractivity contribution in [2.45, 2.75) is 38.5 Å². The second-order valence-electron chi connectivity index (χ2n) is 6.95. The lowest BCUT2D eigenvalue weighted by atomic mass is 9.87. The number of benzene rings is 2. The van der Waals surface area contributed by atoms with Crippen molar-refractivity contribution < 1.29 is 0 Å². The Morgan fingerprint density at radius 2 is 1.65 bits per heavy atom. The molecule has 2 aromatic rings. The van der Waals surface area contributed by atoms with Crippen molar-refractivity contribution in [3.05, 3.63) is 58.1 Å². The van der Waals surface area contributed by atoms with Crippen LogP contribution in [0.2, 0.25) is 10.0 Å². The van der Waals surface area contributed by atoms with Gasteiger partial charge in [0.25, 0.3) is 0 Å². The number of hydrogen-bond donors (Lipinski definition) is 1. The third-order valence-electron chi connectivity index (χ3n) is 5.00. The summed E-state index contributed by atoms with van der Waals surface area (Å²) >= 11 is 12.9. The zero-order valence-corrected chi connectivity index (χ0v) is 16.5. The lowest BCUT2D eigenvalue weighted by Crippen LogP contribution is -2.19. The first-order valence-corrected chi connectivity index (χ1v) is 10.2. The molecule has 136 valence electrons. The van der Waals surface area contributed by atoms with Crippen LogP contribution in [0.15, 0.2) is 42.5 Å². The first kappa shape index (κ1) is 19.3. The van der Waals surface area contributed by atoms with Gasteiger partial charge in [0.1, 0.15) is 0 Å². The average Bonchev–Trinajstić information content (AvgIpc) is 2.66. The zero-order valence-electron chi connectivity index (χ0n) is 15.0. The summed E-state index contributed by atoms with van der Waals surface area (Å²) in [6.07, 6.45) is 8.31. The van der Waals surface area contributed by atoms with E-state index in [-0.39, 0.29) is 0 Å². The van der Waals surface area contributed by atoms with E-state index in [1.165, 1.54) is 38.5 Å². The molecule has 0 aromatic heterocycles. The summed E-state index contributed by atoms with van der Waals surface area (Å²) in [5.74, 6) is 7.25. The lowest BCUT2D eigenvalue weighted by Gasteiger charge is -2.21. The second kappa shape index (κ2) is 10.0. The Bertz CT molecular complexity index is 745. The Morgan fingerprint density at radius 3 is 2.35 bits per heavy atom. The summed E-state index contributed by atoms with van der Waals surface area (Å²) in [5.41, 5.74) is 2.74. The summed E-state index contributed by atoms with van der Waals surface area (Å²) in [4.78, 5) is 0. The van der Waals surface area contributed by atoms with Gasteiger partial charge in [0.15, 0.2) is 0 Å². The van der Waals surface area contributed by atoms with Gasteiger partial charge in [0, 0.05) is 11.1 Å². The molecular weight excluding hydrogens is 361 g/mol. The van der Waals surface area contributed by atoms with E-state index in [4.69, 9.17) is 23.2 Å². The predicted octanol–water partition coefficient (Wildman–Crippen LogP) is 6.57. The summed E-state index contributed by atoms with van der Waals surface area (Å²) < 4.78 is 0. The molecule has 0 bridgehead atoms. The highest BCUT2D eigenvalue weighted by Crippen LogP contribution is 2.35. The highest BCUT2D eigenvalue weighted by atomic mass is 35.5. The van der Waals surface area contributed by atoms with Crippen molar-refractivity contribution in [3.63, 3.8) is 0 Å². The Hall–Kier alpha value is -1.46. The van der Waals surface area contributed by atoms with Gasteiger partial charge in [-0.1, -0.05) is 97.5 Å². The van der Waals surface area contributed by atoms with Crippen molar-refractivity contribution in [2.24, 2.45) is 5.92 Å². The van der Waals surface area contributed by atoms with E-state index >= 15 is 0 Å². The molecule has 0 aliphatic heterocycles. The second-order valence-corrected chi connectivity index (χ2v) is 7.77. The monoisotopic (exact) mass is 385 g/mol. The van der Waals surface area contributed by atoms with Crippen LogP contribution in [0.25, 0.3) is 11.1 Å². The fraction of sp³-hybridized carbons (Fsp3) is 0.391. The van der Waals surface area contributed by atoms with Crippen LogP contribution in [-0.2, 0) is 0 Å². The summed E-state index contributed by atoms with van der Waals surface area (Å²) in [5, 5.41) is 4.70. The lowest BCUT2D eigenvalue weighted by molar-refractivity contribution is 0.336. The number of hydrogen-bond acceptors (Lipinski definition) is 1. The number of nitrogens with one attached hydrogen (secondary N) is 1. The van der Waals surface area contributed by atoms with Gasteiger partial charge >= 0.3 is 0 Å². The first-order chi connectivity index (χ1) is 12.7. The van der Waals surface area contributed by atoms with Crippen molar-refractivity contribution >= 4 is 23.2 Å². The molecule has 3 rings (SSSR count). The minimum Gasteiger partial charge on any atom is -0.306 e. The standard InChI is InChI=1S/C23H25Cl2N/c24-21-16-19(17-22(25)23(21)20-11-5-2-6-12-20)10-7-14-26-15-13-18-8-3-1-4-9-18/h2,5-6,11-12,16-18,26H,1,3-4,8-9,13-15H2. The van der Waals surface area contributed by atoms with Crippen LogP contribution >= 0.6 is 23.2 Å². The van der Waals surface area contributed by atoms with Crippen LogP contribution in [-0.4, -0.2) is 13.1 Å². The summed E-state index contributed by atoms with van der Waals surface area (Å²) in [7, 11) is 0. The molecule has 0 radical (unpaired) electrons. The molecule has 0 saturated heterocycles. The molecule has 0 atom stereocenters. The van der Waals surface area contributed by atoms with Crippen LogP contribution in [0.1, 0.15) is 44.1 Å². The van der Waals surface area contributed by atoms with Crippen molar-refractivity contribution in [3.8, 4) is 23.0 Å². The molecule has 1 aliphatic rings. The van der Waals surface area contributed by atoms with E-state index < -0.39 is 0 Å². The molecule has 1 nitrogen and oxygen atoms in total. The van der Waals surface area contributed by atoms with Gasteiger partial charge in [0.05, 0.1) is 16.6 Å². The third-order valence-corrected chi connectivity index (χ3v) is 5.60. The van der Waals surface area contributed by atoms with E-state index in [1.54, 1.807) is 0 Å². The fourth-order valence-electron chi connectivity index (χ4n) is 3.61. The molecule has 0 spiro atoms. The fourth-order valence-corrected chi connectivity index (χ4v) is 4.31. The molecule has 1 aliphatic carbocycles. The molecule has 3 heteroatoms. The summed E-state index contributed by atoms with van der Waals surface area (Å²) in [6, 6.07) is 13.7. The maximum Gasteiger partial charge on any atom is 0.0580 e. The van der Waals surface area contributed by atoms with E-state index in [0.29, 0.717) is 16.6 Å². The Morgan fingerprint density at radius 1 is 0.962 bits per heavy atom. The van der Waals surface area contributed by atoms with Gasteiger partial charge in [-0.3, -0.25) is 0 Å². The highest BCUT2D eigenvalue weighted by molar-refractivity contribution is 6.39. The Kier molecular flexibility index (Phi) is 7.44. The molecule has 0 amide bonds. The van der Waals surface area contributed by atoms with Crippen molar-refractivity contribution in [2.75, 3.05) is 13.1 Å². The minimum atomic E-state index is 0.637. The number of rotatable bonds is 5. The van der Waals surface area contributed by atoms with Gasteiger partial charge in [-0.05, 0) is 36.6 Å². The molecule has 0 heterocycles. The van der Waals surface area contributed by atoms with Crippen LogP contribution in [0, 0.1) is 17.8 Å². The van der Waals surface area contributed by atoms with E-state index in [2.05, 4.69) is 17.2 Å². The highest BCUT2D eigenvalue weighted by Gasteiger charge is 2.12. The first-order valence-electron chi connectivity index (χ1n) is 9.48. The topological polar surface area (TPSA) is 12.0 Å². The zero-order chi connectivity index (χ0) is 18.2. The maximum absolute atomic E-state index is 6.45. The quantitative estimate of drug-likeness (QED) is 0.453. The average molecular weight is 386 g/mol. The Balaban J connectivity index is 1.53. The number of halogens is 2. The largest absolute Gasteiger partial charge is 0.306 e. The normalized spacial score (nSPS) is 14.7. The van der Waals surface area contributed by atoms with Crippen LogP contribution in [0.5, 0.6) is 0 Å². The van der Waals surface area contributed by atoms with Gasteiger partial charge in [-0.25, -0.2) is 0 Å². The Labute approximate surface area is 167 Å². The van der Waals surface area contributed by atoms with Gasteiger partial charge in [-0.15, -0.1) is 0 Å². The molecule has 1 fully saturated rings. The molecule has 26 heavy (non-hydrogen) atoms. The minimum absolute atomic E-state index is 0.637. The maximum atomic E-state index is 6.45. The van der Waals surface area contributed by atoms with Gasteiger partial charge in [-0.2, -0.15) is 0 Å². The van der Waals surface area contributed by atoms with Crippen LogP contribution < -0.4 is 5.32 Å². The smallest absolute Gasteiger partial charge is 0.0580 e. The SMILES string of the molecule is Clc1cc(C#CCNCCC2CCCCC2)cc(Cl)c1-c1ccccc1. The predicted molar refractivity (Wildman–Crippen MR) is 113 cm³/mol. The van der Waals surface area contributed by atoms with Gasteiger partial charge in [0.2, 0.25) is 0 Å². The van der Waals surface area contributed by atoms with E-state index in [1.807, 2.05) is 42.5 Å². The van der Waals surface area contributed by atoms with E-state index in [0.717, 1.165) is 29.2 Å². The van der Waals surface area contributed by atoms with E-state index in [9.17, 15) is 0 Å². The third kappa shape index (κ3) is 5.52. The molecule has 0 unspecified atom stereocenters. The van der Waals surface area contributed by atoms with Crippen LogP contribution in [0.4, 0.5) is 0 Å². The molecule has 1 saturated carbocycles. The van der Waals surface area contributed by atoms with Crippen LogP contribution in [0.3, 0.4) is 0 Å². The van der Waals surface area contributed by atoms with Crippen molar-refractivity contribution in [1.29, 1.82) is 0 Å². The molecule has 2 aromatic carbocycles.